The van der Waals surface area contributed by atoms with Crippen LogP contribution in [0.5, 0.6) is 0 Å². The van der Waals surface area contributed by atoms with Gasteiger partial charge in [0.25, 0.3) is 0 Å². The third-order valence-corrected chi connectivity index (χ3v) is 12.3. The molecule has 0 unspecified atom stereocenters. The third-order valence-electron chi connectivity index (χ3n) is 7.73. The lowest BCUT2D eigenvalue weighted by Gasteiger charge is -2.50. The van der Waals surface area contributed by atoms with E-state index in [0.29, 0.717) is 5.57 Å². The maximum atomic E-state index is 13.6. The minimum atomic E-state index is -2.15. The molecule has 10 nitrogen and oxygen atoms in total. The van der Waals surface area contributed by atoms with Gasteiger partial charge in [0.2, 0.25) is 11.9 Å². The molecule has 2 amide bonds. The summed E-state index contributed by atoms with van der Waals surface area (Å²) in [5.74, 6) is -1.25. The van der Waals surface area contributed by atoms with Gasteiger partial charge < -0.3 is 23.8 Å². The summed E-state index contributed by atoms with van der Waals surface area (Å²) in [5.41, 5.74) is 0.740. The third kappa shape index (κ3) is 5.49. The normalized spacial score (nSPS) is 21.9. The maximum absolute atomic E-state index is 13.6. The first-order valence-corrected chi connectivity index (χ1v) is 15.7. The number of carbonyl (C=O) groups is 3. The van der Waals surface area contributed by atoms with Crippen LogP contribution in [0.3, 0.4) is 0 Å². The van der Waals surface area contributed by atoms with Crippen LogP contribution < -0.4 is 4.90 Å². The van der Waals surface area contributed by atoms with E-state index < -0.39 is 26.3 Å². The average Bonchev–Trinajstić information content (AvgIpc) is 3.44. The molecule has 1 aromatic heterocycles. The highest BCUT2D eigenvalue weighted by atomic mass is 28.4. The van der Waals surface area contributed by atoms with E-state index in [4.69, 9.17) is 13.9 Å². The average molecular weight is 545 g/mol. The number of carbonyl (C=O) groups excluding carboxylic acids is 3. The second-order valence-corrected chi connectivity index (χ2v) is 16.0. The van der Waals surface area contributed by atoms with Gasteiger partial charge >= 0.3 is 12.1 Å². The number of aromatic amines is 1. The number of nitrogens with zero attached hydrogens (tertiary/aromatic N) is 3. The minimum absolute atomic E-state index is 0.00567. The van der Waals surface area contributed by atoms with Gasteiger partial charge in [-0.2, -0.15) is 0 Å². The summed E-state index contributed by atoms with van der Waals surface area (Å²) >= 11 is 0. The quantitative estimate of drug-likeness (QED) is 0.190. The van der Waals surface area contributed by atoms with E-state index in [-0.39, 0.29) is 60.4 Å². The second-order valence-electron chi connectivity index (χ2n) is 11.2. The molecule has 0 aliphatic carbocycles. The Bertz CT molecular complexity index is 1110. The van der Waals surface area contributed by atoms with Crippen LogP contribution in [0.15, 0.2) is 49.0 Å². The van der Waals surface area contributed by atoms with E-state index in [1.54, 1.807) is 6.20 Å². The van der Waals surface area contributed by atoms with Gasteiger partial charge in [0.1, 0.15) is 18.9 Å². The Kier molecular flexibility index (Phi) is 8.72. The fourth-order valence-corrected chi connectivity index (χ4v) is 6.19. The van der Waals surface area contributed by atoms with E-state index in [0.717, 1.165) is 0 Å². The summed E-state index contributed by atoms with van der Waals surface area (Å²) in [6, 6.07) is -0.300. The molecule has 1 fully saturated rings. The van der Waals surface area contributed by atoms with Crippen molar-refractivity contribution in [1.82, 2.24) is 14.9 Å². The highest BCUT2D eigenvalue weighted by Gasteiger charge is 2.61. The monoisotopic (exact) mass is 544 g/mol. The molecular formula is C27H40N4O6Si. The largest absolute Gasteiger partial charge is 0.457 e. The summed E-state index contributed by atoms with van der Waals surface area (Å²) < 4.78 is 17.2. The number of anilines is 1. The molecule has 2 aliphatic rings. The lowest BCUT2D eigenvalue weighted by Crippen LogP contribution is -2.65. The molecule has 0 radical (unpaired) electrons. The SMILES string of the molecule is C=CCOC(=O)C1=C(CN(C(=O)OCC=C)c2ncc[nH]2)[C@H](C)[C@@H]2[C@@H]([C@@H](C)O[Si](C)(C)C(C)(C)C)C(=O)N12. The van der Waals surface area contributed by atoms with Gasteiger partial charge in [0, 0.05) is 18.3 Å². The van der Waals surface area contributed by atoms with Gasteiger partial charge in [0.05, 0.1) is 24.6 Å². The second kappa shape index (κ2) is 11.3. The number of rotatable bonds is 11. The van der Waals surface area contributed by atoms with Gasteiger partial charge in [-0.3, -0.25) is 4.79 Å². The van der Waals surface area contributed by atoms with Crippen molar-refractivity contribution in [2.24, 2.45) is 11.8 Å². The smallest absolute Gasteiger partial charge is 0.417 e. The van der Waals surface area contributed by atoms with Crippen LogP contribution in [0.2, 0.25) is 18.1 Å². The molecule has 0 bridgehead atoms. The summed E-state index contributed by atoms with van der Waals surface area (Å²) in [5, 5.41) is -0.0204. The molecule has 208 valence electrons. The Morgan fingerprint density at radius 2 is 1.87 bits per heavy atom. The Morgan fingerprint density at radius 1 is 1.24 bits per heavy atom. The molecule has 1 saturated heterocycles. The number of aromatic nitrogens is 2. The van der Waals surface area contributed by atoms with Crippen molar-refractivity contribution in [3.05, 3.63) is 49.0 Å². The van der Waals surface area contributed by atoms with Crippen molar-refractivity contribution < 1.29 is 28.3 Å². The molecule has 0 saturated carbocycles. The van der Waals surface area contributed by atoms with Crippen LogP contribution in [-0.2, 0) is 23.5 Å². The van der Waals surface area contributed by atoms with Crippen molar-refractivity contribution in [3.63, 3.8) is 0 Å². The first-order chi connectivity index (χ1) is 17.8. The first kappa shape index (κ1) is 29.4. The number of hydrogen-bond acceptors (Lipinski definition) is 7. The zero-order valence-electron chi connectivity index (χ0n) is 23.4. The number of H-pyrrole nitrogens is 1. The van der Waals surface area contributed by atoms with E-state index >= 15 is 0 Å². The number of amides is 2. The highest BCUT2D eigenvalue weighted by Crippen LogP contribution is 2.49. The van der Waals surface area contributed by atoms with Crippen LogP contribution >= 0.6 is 0 Å². The molecule has 4 atom stereocenters. The van der Waals surface area contributed by atoms with Gasteiger partial charge in [-0.25, -0.2) is 19.5 Å². The van der Waals surface area contributed by atoms with Crippen LogP contribution in [0, 0.1) is 11.8 Å². The molecule has 11 heteroatoms. The molecule has 0 spiro atoms. The predicted octanol–water partition coefficient (Wildman–Crippen LogP) is 4.41. The van der Waals surface area contributed by atoms with E-state index in [1.165, 1.54) is 28.1 Å². The van der Waals surface area contributed by atoms with Gasteiger partial charge in [0.15, 0.2) is 8.32 Å². The van der Waals surface area contributed by atoms with E-state index in [2.05, 4.69) is 57.0 Å². The molecule has 1 N–H and O–H groups in total. The molecular weight excluding hydrogens is 504 g/mol. The Labute approximate surface area is 225 Å². The van der Waals surface area contributed by atoms with Crippen molar-refractivity contribution in [2.45, 2.75) is 64.9 Å². The van der Waals surface area contributed by atoms with Crippen molar-refractivity contribution in [1.29, 1.82) is 0 Å². The number of β-lactam (4-membered cyclic amide) rings is 1. The molecule has 38 heavy (non-hydrogen) atoms. The highest BCUT2D eigenvalue weighted by molar-refractivity contribution is 6.74. The molecule has 3 heterocycles. The van der Waals surface area contributed by atoms with Crippen LogP contribution in [0.25, 0.3) is 0 Å². The van der Waals surface area contributed by atoms with E-state index in [9.17, 15) is 14.4 Å². The number of esters is 1. The molecule has 2 aliphatic heterocycles. The molecule has 3 rings (SSSR count). The number of hydrogen-bond donors (Lipinski definition) is 1. The molecule has 1 aromatic rings. The zero-order valence-corrected chi connectivity index (χ0v) is 24.4. The van der Waals surface area contributed by atoms with Crippen molar-refractivity contribution in [2.75, 3.05) is 24.7 Å². The standard InChI is InChI=1S/C27H40N4O6Si/c1-10-14-35-24(33)22-19(16-30(25-28-12-13-29-25)26(34)36-15-11-2)17(3)21-20(23(32)31(21)22)18(4)37-38(8,9)27(5,6)7/h10-13,17-18,20-21H,1-2,14-16H2,3-9H3,(H,28,29)/t17-,18+,20+,21+/m0/s1. The Morgan fingerprint density at radius 3 is 2.42 bits per heavy atom. The lowest BCUT2D eigenvalue weighted by molar-refractivity contribution is -0.163. The van der Waals surface area contributed by atoms with Gasteiger partial charge in [-0.1, -0.05) is 53.0 Å². The summed E-state index contributed by atoms with van der Waals surface area (Å²) in [6.07, 6.45) is 5.03. The first-order valence-electron chi connectivity index (χ1n) is 12.8. The van der Waals surface area contributed by atoms with E-state index in [1.807, 2.05) is 13.8 Å². The summed E-state index contributed by atoms with van der Waals surface area (Å²) in [4.78, 5) is 49.7. The molecule has 0 aromatic carbocycles. The summed E-state index contributed by atoms with van der Waals surface area (Å²) in [6.45, 7) is 21.8. The van der Waals surface area contributed by atoms with Crippen LogP contribution in [0.4, 0.5) is 10.7 Å². The Balaban J connectivity index is 1.96. The summed E-state index contributed by atoms with van der Waals surface area (Å²) in [7, 11) is -2.15. The fourth-order valence-electron chi connectivity index (χ4n) is 4.76. The Hall–Kier alpha value is -3.18. The number of ether oxygens (including phenoxy) is 2. The number of fused-ring (bicyclic) bond motifs is 1. The maximum Gasteiger partial charge on any atom is 0.417 e. The minimum Gasteiger partial charge on any atom is -0.457 e. The predicted molar refractivity (Wildman–Crippen MR) is 147 cm³/mol. The van der Waals surface area contributed by atoms with Gasteiger partial charge in [-0.05, 0) is 30.6 Å². The fraction of sp³-hybridized carbons (Fsp3) is 0.556. The lowest BCUT2D eigenvalue weighted by atomic mass is 9.77. The topological polar surface area (TPSA) is 114 Å². The van der Waals surface area contributed by atoms with Crippen LogP contribution in [-0.4, -0.2) is 73.1 Å². The van der Waals surface area contributed by atoms with Crippen molar-refractivity contribution >= 4 is 32.2 Å². The number of nitrogens with one attached hydrogen (secondary N) is 1. The number of imidazole rings is 1. The van der Waals surface area contributed by atoms with Crippen LogP contribution in [0.1, 0.15) is 34.6 Å². The van der Waals surface area contributed by atoms with Gasteiger partial charge in [-0.15, -0.1) is 0 Å². The van der Waals surface area contributed by atoms with Crippen molar-refractivity contribution in [3.8, 4) is 0 Å². The zero-order chi connectivity index (χ0) is 28.4.